The Morgan fingerprint density at radius 1 is 1.11 bits per heavy atom. The minimum Gasteiger partial charge on any atom is -0.381 e. The number of hydrogen-bond donors (Lipinski definition) is 2. The van der Waals surface area contributed by atoms with Crippen LogP contribution in [0.2, 0.25) is 0 Å². The molecule has 6 nitrogen and oxygen atoms in total. The topological polar surface area (TPSA) is 66.4 Å². The second kappa shape index (κ2) is 9.92. The maximum Gasteiger partial charge on any atom is 0.266 e. The number of likely N-dealkylation sites (tertiary alicyclic amines) is 1. The summed E-state index contributed by atoms with van der Waals surface area (Å²) in [5.41, 5.74) is -0.0612. The molecule has 2 saturated carbocycles. The van der Waals surface area contributed by atoms with Crippen molar-refractivity contribution in [3.05, 3.63) is 63.3 Å². The first-order chi connectivity index (χ1) is 17.2. The fourth-order valence-electron chi connectivity index (χ4n) is 5.46. The monoisotopic (exact) mass is 502 g/mol. The van der Waals surface area contributed by atoms with Gasteiger partial charge in [0.25, 0.3) is 17.9 Å². The van der Waals surface area contributed by atoms with Gasteiger partial charge in [0.15, 0.2) is 0 Å². The Kier molecular flexibility index (Phi) is 6.85. The van der Waals surface area contributed by atoms with Crippen molar-refractivity contribution in [1.29, 1.82) is 0 Å². The predicted octanol–water partition coefficient (Wildman–Crippen LogP) is 4.89. The van der Waals surface area contributed by atoms with Crippen LogP contribution >= 0.6 is 0 Å². The van der Waals surface area contributed by atoms with Gasteiger partial charge in [-0.25, -0.2) is 13.2 Å². The Hall–Kier alpha value is -2.81. The Bertz CT molecular complexity index is 1190. The molecule has 0 unspecified atom stereocenters. The highest BCUT2D eigenvalue weighted by Gasteiger charge is 2.49. The zero-order chi connectivity index (χ0) is 25.6. The van der Waals surface area contributed by atoms with Crippen LogP contribution in [0.25, 0.3) is 0 Å². The number of rotatable bonds is 8. The molecule has 194 valence electrons. The summed E-state index contributed by atoms with van der Waals surface area (Å²) in [5, 5.41) is 6.17. The summed E-state index contributed by atoms with van der Waals surface area (Å²) in [4.78, 5) is 28.7. The molecule has 5 rings (SSSR count). The molecule has 9 heteroatoms. The quantitative estimate of drug-likeness (QED) is 0.539. The number of aromatic nitrogens is 1. The SMILES string of the molecule is C[C@@H](NC(=O)c1cn([C@H]2C[C@@H]2C2CC2)c(=O)cc1NC1CCN(C)CC1)c1cccc(C(F)F)c1F. The molecule has 36 heavy (non-hydrogen) atoms. The standard InChI is InChI=1S/C27H33F3N4O2/c1-15(18-4-3-5-19(25(18)28)26(29)30)31-27(36)21-14-34(23-12-20(23)16-6-7-16)24(35)13-22(21)32-17-8-10-33(2)11-9-17/h3-5,13-17,20,23,26,32H,6-12H2,1-2H3,(H,31,36)/t15-,20-,23+/m1/s1. The van der Waals surface area contributed by atoms with Crippen LogP contribution in [0.15, 0.2) is 35.3 Å². The second-order valence-corrected chi connectivity index (χ2v) is 10.6. The van der Waals surface area contributed by atoms with Crippen LogP contribution in [0.1, 0.15) is 79.0 Å². The molecule has 1 aromatic carbocycles. The van der Waals surface area contributed by atoms with Crippen molar-refractivity contribution >= 4 is 11.6 Å². The number of nitrogens with one attached hydrogen (secondary N) is 2. The molecule has 1 aliphatic heterocycles. The summed E-state index contributed by atoms with van der Waals surface area (Å²) in [6.07, 6.45) is 3.78. The summed E-state index contributed by atoms with van der Waals surface area (Å²) in [5.74, 6) is -0.338. The van der Waals surface area contributed by atoms with Crippen molar-refractivity contribution in [2.24, 2.45) is 11.8 Å². The lowest BCUT2D eigenvalue weighted by Crippen LogP contribution is -2.38. The van der Waals surface area contributed by atoms with Crippen LogP contribution in [0.3, 0.4) is 0 Å². The minimum absolute atomic E-state index is 0.00436. The van der Waals surface area contributed by atoms with Gasteiger partial charge in [-0.2, -0.15) is 0 Å². The molecule has 1 saturated heterocycles. The van der Waals surface area contributed by atoms with Crippen LogP contribution in [0, 0.1) is 17.7 Å². The molecule has 3 fully saturated rings. The van der Waals surface area contributed by atoms with E-state index in [1.54, 1.807) is 17.7 Å². The van der Waals surface area contributed by atoms with Gasteiger partial charge in [0.1, 0.15) is 5.82 Å². The van der Waals surface area contributed by atoms with Gasteiger partial charge in [-0.1, -0.05) is 18.2 Å². The number of piperidine rings is 1. The number of pyridine rings is 1. The van der Waals surface area contributed by atoms with Gasteiger partial charge in [0.2, 0.25) is 0 Å². The van der Waals surface area contributed by atoms with E-state index in [0.29, 0.717) is 23.1 Å². The van der Waals surface area contributed by atoms with Crippen molar-refractivity contribution < 1.29 is 18.0 Å². The smallest absolute Gasteiger partial charge is 0.266 e. The summed E-state index contributed by atoms with van der Waals surface area (Å²) >= 11 is 0. The van der Waals surface area contributed by atoms with Gasteiger partial charge in [0, 0.05) is 29.9 Å². The number of anilines is 1. The molecule has 3 atom stereocenters. The third-order valence-electron chi connectivity index (χ3n) is 7.90. The van der Waals surface area contributed by atoms with Crippen LogP contribution in [-0.4, -0.2) is 41.6 Å². The fourth-order valence-corrected chi connectivity index (χ4v) is 5.46. The molecule has 2 aliphatic carbocycles. The molecule has 0 bridgehead atoms. The first kappa shape index (κ1) is 24.9. The van der Waals surface area contributed by atoms with Crippen molar-refractivity contribution in [1.82, 2.24) is 14.8 Å². The van der Waals surface area contributed by atoms with E-state index >= 15 is 0 Å². The lowest BCUT2D eigenvalue weighted by molar-refractivity contribution is 0.0939. The Balaban J connectivity index is 1.41. The third kappa shape index (κ3) is 5.16. The number of amides is 1. The molecular formula is C27H33F3N4O2. The average Bonchev–Trinajstić information content (AvgIpc) is 3.74. The zero-order valence-electron chi connectivity index (χ0n) is 20.6. The van der Waals surface area contributed by atoms with E-state index in [0.717, 1.165) is 38.4 Å². The normalized spacial score (nSPS) is 23.5. The van der Waals surface area contributed by atoms with Gasteiger partial charge in [-0.05, 0) is 71.0 Å². The van der Waals surface area contributed by atoms with E-state index in [1.165, 1.54) is 31.0 Å². The van der Waals surface area contributed by atoms with Gasteiger partial charge < -0.3 is 20.1 Å². The third-order valence-corrected chi connectivity index (χ3v) is 7.90. The second-order valence-electron chi connectivity index (χ2n) is 10.6. The minimum atomic E-state index is -2.94. The van der Waals surface area contributed by atoms with Crippen molar-refractivity contribution in [2.45, 2.75) is 63.6 Å². The molecule has 0 spiro atoms. The number of carbonyl (C=O) groups is 1. The average molecular weight is 503 g/mol. The number of carbonyl (C=O) groups excluding carboxylic acids is 1. The first-order valence-corrected chi connectivity index (χ1v) is 12.8. The molecule has 1 aromatic heterocycles. The van der Waals surface area contributed by atoms with Crippen molar-refractivity contribution in [3.63, 3.8) is 0 Å². The van der Waals surface area contributed by atoms with E-state index < -0.39 is 29.8 Å². The van der Waals surface area contributed by atoms with Crippen molar-refractivity contribution in [3.8, 4) is 0 Å². The van der Waals surface area contributed by atoms with Gasteiger partial charge >= 0.3 is 0 Å². The number of hydrogen-bond acceptors (Lipinski definition) is 4. The first-order valence-electron chi connectivity index (χ1n) is 12.8. The van der Waals surface area contributed by atoms with Gasteiger partial charge in [0.05, 0.1) is 22.9 Å². The summed E-state index contributed by atoms with van der Waals surface area (Å²) < 4.78 is 42.7. The molecule has 0 radical (unpaired) electrons. The molecule has 3 aliphatic rings. The van der Waals surface area contributed by atoms with E-state index in [9.17, 15) is 22.8 Å². The van der Waals surface area contributed by atoms with E-state index in [1.807, 2.05) is 0 Å². The van der Waals surface area contributed by atoms with Crippen LogP contribution < -0.4 is 16.2 Å². The van der Waals surface area contributed by atoms with Gasteiger partial charge in [-0.3, -0.25) is 9.59 Å². The number of benzene rings is 1. The fraction of sp³-hybridized carbons (Fsp3) is 0.556. The largest absolute Gasteiger partial charge is 0.381 e. The van der Waals surface area contributed by atoms with E-state index in [-0.39, 0.29) is 23.2 Å². The van der Waals surface area contributed by atoms with Crippen molar-refractivity contribution in [2.75, 3.05) is 25.5 Å². The number of halogens is 3. The molecule has 2 N–H and O–H groups in total. The summed E-state index contributed by atoms with van der Waals surface area (Å²) in [6.45, 7) is 3.39. The highest BCUT2D eigenvalue weighted by molar-refractivity contribution is 5.99. The predicted molar refractivity (Wildman–Crippen MR) is 132 cm³/mol. The Labute approximate surface area is 208 Å². The lowest BCUT2D eigenvalue weighted by Gasteiger charge is -2.30. The maximum atomic E-state index is 14.7. The molecular weight excluding hydrogens is 469 g/mol. The highest BCUT2D eigenvalue weighted by atomic mass is 19.3. The molecule has 2 heterocycles. The molecule has 1 amide bonds. The molecule has 2 aromatic rings. The zero-order valence-corrected chi connectivity index (χ0v) is 20.6. The summed E-state index contributed by atoms with van der Waals surface area (Å²) in [6, 6.07) is 4.69. The van der Waals surface area contributed by atoms with Crippen LogP contribution in [-0.2, 0) is 0 Å². The van der Waals surface area contributed by atoms with E-state index in [4.69, 9.17) is 0 Å². The lowest BCUT2D eigenvalue weighted by atomic mass is 10.0. The highest BCUT2D eigenvalue weighted by Crippen LogP contribution is 2.56. The maximum absolute atomic E-state index is 14.7. The van der Waals surface area contributed by atoms with Gasteiger partial charge in [-0.15, -0.1) is 0 Å². The number of nitrogens with zero attached hydrogens (tertiary/aromatic N) is 2. The Morgan fingerprint density at radius 2 is 1.81 bits per heavy atom. The number of alkyl halides is 2. The van der Waals surface area contributed by atoms with E-state index in [2.05, 4.69) is 22.6 Å². The summed E-state index contributed by atoms with van der Waals surface area (Å²) in [7, 11) is 2.06. The van der Waals surface area contributed by atoms with Crippen LogP contribution in [0.4, 0.5) is 18.9 Å². The van der Waals surface area contributed by atoms with Crippen LogP contribution in [0.5, 0.6) is 0 Å². The Morgan fingerprint density at radius 3 is 2.47 bits per heavy atom.